The van der Waals surface area contributed by atoms with Crippen LogP contribution < -0.4 is 0 Å². The highest BCUT2D eigenvalue weighted by molar-refractivity contribution is 8.01. The van der Waals surface area contributed by atoms with Gasteiger partial charge in [0.15, 0.2) is 11.0 Å². The third-order valence-corrected chi connectivity index (χ3v) is 4.82. The maximum Gasteiger partial charge on any atom is 0.326 e. The van der Waals surface area contributed by atoms with E-state index < -0.39 is 17.2 Å². The molecule has 0 rings (SSSR count). The standard InChI is InChI=1S/C17H30O5S/c1-3-22-17(21)16(14(2)18)23-13-11-9-7-5-4-6-8-10-12-15(19)20/h16H,3-13H2,1-2H3,(H,19,20). The van der Waals surface area contributed by atoms with Gasteiger partial charge in [-0.2, -0.15) is 0 Å². The number of thioether (sulfide) groups is 1. The van der Waals surface area contributed by atoms with E-state index >= 15 is 0 Å². The molecule has 0 radical (unpaired) electrons. The summed E-state index contributed by atoms with van der Waals surface area (Å²) in [6.45, 7) is 3.47. The van der Waals surface area contributed by atoms with E-state index in [4.69, 9.17) is 9.84 Å². The van der Waals surface area contributed by atoms with Crippen LogP contribution in [0.3, 0.4) is 0 Å². The molecule has 1 atom stereocenters. The first-order valence-electron chi connectivity index (χ1n) is 8.49. The van der Waals surface area contributed by atoms with Gasteiger partial charge in [0.2, 0.25) is 0 Å². The second kappa shape index (κ2) is 14.5. The maximum atomic E-state index is 11.6. The fraction of sp³-hybridized carbons (Fsp3) is 0.824. The minimum Gasteiger partial charge on any atom is -0.481 e. The highest BCUT2D eigenvalue weighted by Gasteiger charge is 2.24. The van der Waals surface area contributed by atoms with E-state index in [1.54, 1.807) is 6.92 Å². The molecule has 0 aromatic carbocycles. The summed E-state index contributed by atoms with van der Waals surface area (Å²) < 4.78 is 4.91. The summed E-state index contributed by atoms with van der Waals surface area (Å²) >= 11 is 1.38. The number of carboxylic acids is 1. The second-order valence-corrected chi connectivity index (χ2v) is 6.80. The number of rotatable bonds is 15. The molecule has 1 unspecified atom stereocenters. The normalized spacial score (nSPS) is 11.9. The van der Waals surface area contributed by atoms with Crippen LogP contribution in [0.2, 0.25) is 0 Å². The van der Waals surface area contributed by atoms with Crippen molar-refractivity contribution in [3.05, 3.63) is 0 Å². The molecule has 0 aromatic heterocycles. The lowest BCUT2D eigenvalue weighted by Crippen LogP contribution is -2.27. The summed E-state index contributed by atoms with van der Waals surface area (Å²) in [7, 11) is 0. The van der Waals surface area contributed by atoms with Gasteiger partial charge in [-0.3, -0.25) is 14.4 Å². The first-order valence-corrected chi connectivity index (χ1v) is 9.54. The Hall–Kier alpha value is -1.04. The molecule has 6 heteroatoms. The molecule has 0 saturated heterocycles. The smallest absolute Gasteiger partial charge is 0.326 e. The SMILES string of the molecule is CCOC(=O)C(SCCCCCCCCCCC(=O)O)C(C)=O. The Morgan fingerprint density at radius 3 is 1.96 bits per heavy atom. The molecular formula is C17H30O5S. The van der Waals surface area contributed by atoms with Crippen LogP contribution in [-0.4, -0.2) is 40.4 Å². The van der Waals surface area contributed by atoms with E-state index in [-0.39, 0.29) is 12.2 Å². The molecule has 0 saturated carbocycles. The summed E-state index contributed by atoms with van der Waals surface area (Å²) in [4.78, 5) is 33.4. The Morgan fingerprint density at radius 2 is 1.48 bits per heavy atom. The number of ether oxygens (including phenoxy) is 1. The molecule has 23 heavy (non-hydrogen) atoms. The molecule has 0 aliphatic carbocycles. The van der Waals surface area contributed by atoms with Gasteiger partial charge in [0, 0.05) is 6.42 Å². The molecular weight excluding hydrogens is 316 g/mol. The molecule has 0 amide bonds. The quantitative estimate of drug-likeness (QED) is 0.276. The Balaban J connectivity index is 3.51. The number of carbonyl (C=O) groups is 3. The lowest BCUT2D eigenvalue weighted by molar-refractivity contribution is -0.144. The van der Waals surface area contributed by atoms with E-state index in [0.717, 1.165) is 57.1 Å². The first kappa shape index (κ1) is 22.0. The zero-order valence-electron chi connectivity index (χ0n) is 14.3. The molecule has 5 nitrogen and oxygen atoms in total. The van der Waals surface area contributed by atoms with Gasteiger partial charge < -0.3 is 9.84 Å². The van der Waals surface area contributed by atoms with Crippen LogP contribution in [-0.2, 0) is 19.1 Å². The number of aliphatic carboxylic acids is 1. The van der Waals surface area contributed by atoms with E-state index in [0.29, 0.717) is 6.61 Å². The number of esters is 1. The lowest BCUT2D eigenvalue weighted by atomic mass is 10.1. The molecule has 0 aromatic rings. The van der Waals surface area contributed by atoms with Crippen LogP contribution in [0.25, 0.3) is 0 Å². The summed E-state index contributed by atoms with van der Waals surface area (Å²) in [5.41, 5.74) is 0. The minimum absolute atomic E-state index is 0.144. The van der Waals surface area contributed by atoms with Crippen LogP contribution >= 0.6 is 11.8 Å². The Morgan fingerprint density at radius 1 is 0.957 bits per heavy atom. The molecule has 0 spiro atoms. The number of hydrogen-bond donors (Lipinski definition) is 1. The van der Waals surface area contributed by atoms with Crippen LogP contribution in [0.4, 0.5) is 0 Å². The molecule has 0 aliphatic rings. The van der Waals surface area contributed by atoms with Crippen molar-refractivity contribution in [1.29, 1.82) is 0 Å². The van der Waals surface area contributed by atoms with Gasteiger partial charge >= 0.3 is 11.9 Å². The van der Waals surface area contributed by atoms with Gasteiger partial charge in [-0.05, 0) is 32.4 Å². The second-order valence-electron chi connectivity index (χ2n) is 5.59. The third-order valence-electron chi connectivity index (χ3n) is 3.44. The zero-order chi connectivity index (χ0) is 17.5. The van der Waals surface area contributed by atoms with Crippen LogP contribution in [0.15, 0.2) is 0 Å². The van der Waals surface area contributed by atoms with Crippen molar-refractivity contribution in [1.82, 2.24) is 0 Å². The van der Waals surface area contributed by atoms with Gasteiger partial charge in [0.1, 0.15) is 0 Å². The predicted molar refractivity (Wildman–Crippen MR) is 92.7 cm³/mol. The third kappa shape index (κ3) is 13.1. The van der Waals surface area contributed by atoms with E-state index in [1.165, 1.54) is 18.7 Å². The molecule has 0 bridgehead atoms. The molecule has 134 valence electrons. The summed E-state index contributed by atoms with van der Waals surface area (Å²) in [6, 6.07) is 0. The number of unbranched alkanes of at least 4 members (excludes halogenated alkanes) is 7. The number of carbonyl (C=O) groups excluding carboxylic acids is 2. The van der Waals surface area contributed by atoms with E-state index in [9.17, 15) is 14.4 Å². The average molecular weight is 346 g/mol. The van der Waals surface area contributed by atoms with Gasteiger partial charge in [0.05, 0.1) is 6.61 Å². The topological polar surface area (TPSA) is 80.7 Å². The van der Waals surface area contributed by atoms with Crippen molar-refractivity contribution in [3.63, 3.8) is 0 Å². The van der Waals surface area contributed by atoms with Gasteiger partial charge in [0.25, 0.3) is 0 Å². The fourth-order valence-electron chi connectivity index (χ4n) is 2.21. The van der Waals surface area contributed by atoms with Crippen LogP contribution in [0, 0.1) is 0 Å². The monoisotopic (exact) mass is 346 g/mol. The van der Waals surface area contributed by atoms with Gasteiger partial charge in [-0.1, -0.05) is 38.5 Å². The zero-order valence-corrected chi connectivity index (χ0v) is 15.2. The molecule has 1 N–H and O–H groups in total. The number of hydrogen-bond acceptors (Lipinski definition) is 5. The number of Topliss-reactive ketones (excluding diaryl/α,β-unsaturated/α-hetero) is 1. The highest BCUT2D eigenvalue weighted by atomic mass is 32.2. The van der Waals surface area contributed by atoms with Crippen LogP contribution in [0.5, 0.6) is 0 Å². The highest BCUT2D eigenvalue weighted by Crippen LogP contribution is 2.17. The molecule has 0 heterocycles. The number of carboxylic acid groups (broad SMARTS) is 1. The van der Waals surface area contributed by atoms with Gasteiger partial charge in [-0.25, -0.2) is 0 Å². The Bertz CT molecular complexity index is 357. The summed E-state index contributed by atoms with van der Waals surface area (Å²) in [5.74, 6) is -0.489. The van der Waals surface area contributed by atoms with Crippen molar-refractivity contribution in [2.24, 2.45) is 0 Å². The summed E-state index contributed by atoms with van der Waals surface area (Å²) in [5, 5.41) is 7.85. The Kier molecular flexibility index (Phi) is 13.9. The Labute approximate surface area is 143 Å². The largest absolute Gasteiger partial charge is 0.481 e. The van der Waals surface area contributed by atoms with Gasteiger partial charge in [-0.15, -0.1) is 11.8 Å². The van der Waals surface area contributed by atoms with Crippen molar-refractivity contribution < 1.29 is 24.2 Å². The van der Waals surface area contributed by atoms with Crippen molar-refractivity contribution in [3.8, 4) is 0 Å². The lowest BCUT2D eigenvalue weighted by Gasteiger charge is -2.11. The molecule has 0 fully saturated rings. The van der Waals surface area contributed by atoms with Crippen molar-refractivity contribution in [2.75, 3.05) is 12.4 Å². The predicted octanol–water partition coefficient (Wildman–Crippen LogP) is 3.84. The first-order chi connectivity index (χ1) is 11.0. The fourth-order valence-corrected chi connectivity index (χ4v) is 3.25. The van der Waals surface area contributed by atoms with E-state index in [1.807, 2.05) is 0 Å². The maximum absolute atomic E-state index is 11.6. The summed E-state index contributed by atoms with van der Waals surface area (Å²) in [6.07, 6.45) is 8.66. The van der Waals surface area contributed by atoms with Crippen LogP contribution in [0.1, 0.15) is 71.6 Å². The van der Waals surface area contributed by atoms with Crippen molar-refractivity contribution >= 4 is 29.5 Å². The average Bonchev–Trinajstić information content (AvgIpc) is 2.47. The van der Waals surface area contributed by atoms with Crippen molar-refractivity contribution in [2.45, 2.75) is 76.9 Å². The molecule has 0 aliphatic heterocycles. The van der Waals surface area contributed by atoms with E-state index in [2.05, 4.69) is 0 Å². The number of ketones is 1. The minimum atomic E-state index is -0.714.